The van der Waals surface area contributed by atoms with Crippen molar-refractivity contribution in [2.24, 2.45) is 5.73 Å². The van der Waals surface area contributed by atoms with Crippen molar-refractivity contribution in [3.8, 4) is 0 Å². The van der Waals surface area contributed by atoms with Gasteiger partial charge in [0, 0.05) is 12.1 Å². The van der Waals surface area contributed by atoms with Crippen molar-refractivity contribution in [3.05, 3.63) is 0 Å². The molecule has 0 aromatic heterocycles. The van der Waals surface area contributed by atoms with Gasteiger partial charge >= 0.3 is 5.97 Å². The lowest BCUT2D eigenvalue weighted by Crippen LogP contribution is -2.52. The Morgan fingerprint density at radius 2 is 2.00 bits per heavy atom. The third-order valence-corrected chi connectivity index (χ3v) is 4.22. The maximum Gasteiger partial charge on any atom is 0.325 e. The average Bonchev–Trinajstić information content (AvgIpc) is 2.37. The molecule has 1 fully saturated rings. The summed E-state index contributed by atoms with van der Waals surface area (Å²) in [6.07, 6.45) is 2.99. The Bertz CT molecular complexity index is 297. The molecule has 0 aliphatic carbocycles. The number of ether oxygens (including phenoxy) is 1. The molecular weight excluding hydrogens is 242 g/mol. The first-order valence-electron chi connectivity index (χ1n) is 7.05. The molecule has 0 saturated carbocycles. The van der Waals surface area contributed by atoms with E-state index in [1.165, 1.54) is 20.0 Å². The summed E-state index contributed by atoms with van der Waals surface area (Å²) in [4.78, 5) is 16.3. The molecule has 0 spiro atoms. The SMILES string of the molecule is COC(=O)C(C)(N)CC(C)N1CCC(N(C)C)CC1. The highest BCUT2D eigenvalue weighted by atomic mass is 16.5. The Labute approximate surface area is 117 Å². The Balaban J connectivity index is 2.47. The van der Waals surface area contributed by atoms with Gasteiger partial charge in [-0.15, -0.1) is 0 Å². The molecule has 1 aliphatic heterocycles. The fourth-order valence-corrected chi connectivity index (χ4v) is 2.90. The number of methoxy groups -OCH3 is 1. The minimum Gasteiger partial charge on any atom is -0.468 e. The van der Waals surface area contributed by atoms with E-state index < -0.39 is 5.54 Å². The van der Waals surface area contributed by atoms with Crippen molar-refractivity contribution < 1.29 is 9.53 Å². The topological polar surface area (TPSA) is 58.8 Å². The highest BCUT2D eigenvalue weighted by Gasteiger charge is 2.34. The van der Waals surface area contributed by atoms with Crippen LogP contribution in [0.4, 0.5) is 0 Å². The Morgan fingerprint density at radius 3 is 2.42 bits per heavy atom. The number of esters is 1. The molecule has 2 atom stereocenters. The number of carbonyl (C=O) groups excluding carboxylic acids is 1. The normalized spacial score (nSPS) is 23.1. The monoisotopic (exact) mass is 271 g/mol. The van der Waals surface area contributed by atoms with E-state index in [0.717, 1.165) is 13.1 Å². The summed E-state index contributed by atoms with van der Waals surface area (Å²) in [5, 5.41) is 0. The highest BCUT2D eigenvalue weighted by molar-refractivity contribution is 5.79. The average molecular weight is 271 g/mol. The quantitative estimate of drug-likeness (QED) is 0.745. The number of carbonyl (C=O) groups is 1. The molecule has 0 amide bonds. The minimum absolute atomic E-state index is 0.303. The zero-order valence-electron chi connectivity index (χ0n) is 13.0. The summed E-state index contributed by atoms with van der Waals surface area (Å²) in [6, 6.07) is 0.977. The third-order valence-electron chi connectivity index (χ3n) is 4.22. The van der Waals surface area contributed by atoms with Crippen molar-refractivity contribution >= 4 is 5.97 Å². The molecule has 0 bridgehead atoms. The second-order valence-corrected chi connectivity index (χ2v) is 6.19. The van der Waals surface area contributed by atoms with Crippen LogP contribution in [0.15, 0.2) is 0 Å². The van der Waals surface area contributed by atoms with Crippen LogP contribution < -0.4 is 5.73 Å². The standard InChI is InChI=1S/C14H29N3O2/c1-11(10-14(2,15)13(18)19-5)17-8-6-12(7-9-17)16(3)4/h11-12H,6-10,15H2,1-5H3. The van der Waals surface area contributed by atoms with Gasteiger partial charge in [-0.25, -0.2) is 0 Å². The van der Waals surface area contributed by atoms with Gasteiger partial charge in [-0.1, -0.05) is 0 Å². The van der Waals surface area contributed by atoms with Crippen molar-refractivity contribution in [1.82, 2.24) is 9.80 Å². The van der Waals surface area contributed by atoms with Gasteiger partial charge in [-0.2, -0.15) is 0 Å². The molecule has 5 heteroatoms. The third kappa shape index (κ3) is 4.44. The first-order valence-corrected chi connectivity index (χ1v) is 7.05. The molecule has 1 saturated heterocycles. The van der Waals surface area contributed by atoms with E-state index in [-0.39, 0.29) is 5.97 Å². The Morgan fingerprint density at radius 1 is 1.47 bits per heavy atom. The number of nitrogens with zero attached hydrogens (tertiary/aromatic N) is 2. The minimum atomic E-state index is -0.896. The van der Waals surface area contributed by atoms with Crippen LogP contribution in [-0.4, -0.2) is 67.7 Å². The number of rotatable bonds is 5. The molecule has 1 aliphatic rings. The number of piperidine rings is 1. The van der Waals surface area contributed by atoms with Crippen molar-refractivity contribution in [2.75, 3.05) is 34.3 Å². The maximum atomic E-state index is 11.6. The summed E-state index contributed by atoms with van der Waals surface area (Å²) in [7, 11) is 5.66. The number of hydrogen-bond acceptors (Lipinski definition) is 5. The van der Waals surface area contributed by atoms with Crippen LogP contribution in [0.3, 0.4) is 0 Å². The first-order chi connectivity index (χ1) is 8.77. The molecular formula is C14H29N3O2. The molecule has 2 unspecified atom stereocenters. The van der Waals surface area contributed by atoms with E-state index in [4.69, 9.17) is 10.5 Å². The lowest BCUT2D eigenvalue weighted by molar-refractivity contribution is -0.147. The largest absolute Gasteiger partial charge is 0.468 e. The van der Waals surface area contributed by atoms with Crippen LogP contribution in [0.2, 0.25) is 0 Å². The van der Waals surface area contributed by atoms with E-state index >= 15 is 0 Å². The second kappa shape index (κ2) is 6.68. The first kappa shape index (κ1) is 16.4. The maximum absolute atomic E-state index is 11.6. The number of likely N-dealkylation sites (tertiary alicyclic amines) is 1. The van der Waals surface area contributed by atoms with Crippen LogP contribution in [-0.2, 0) is 9.53 Å². The fraction of sp³-hybridized carbons (Fsp3) is 0.929. The molecule has 0 radical (unpaired) electrons. The smallest absolute Gasteiger partial charge is 0.325 e. The molecule has 19 heavy (non-hydrogen) atoms. The Kier molecular flexibility index (Phi) is 5.77. The molecule has 0 aromatic carbocycles. The number of nitrogens with two attached hydrogens (primary N) is 1. The van der Waals surface area contributed by atoms with E-state index in [9.17, 15) is 4.79 Å². The van der Waals surface area contributed by atoms with Gasteiger partial charge in [0.25, 0.3) is 0 Å². The van der Waals surface area contributed by atoms with Crippen LogP contribution >= 0.6 is 0 Å². The summed E-state index contributed by atoms with van der Waals surface area (Å²) < 4.78 is 4.76. The lowest BCUT2D eigenvalue weighted by Gasteiger charge is -2.40. The highest BCUT2D eigenvalue weighted by Crippen LogP contribution is 2.21. The zero-order valence-corrected chi connectivity index (χ0v) is 13.0. The molecule has 1 heterocycles. The lowest BCUT2D eigenvalue weighted by atomic mass is 9.92. The molecule has 1 rings (SSSR count). The van der Waals surface area contributed by atoms with Gasteiger partial charge in [-0.05, 0) is 60.3 Å². The van der Waals surface area contributed by atoms with Gasteiger partial charge in [0.2, 0.25) is 0 Å². The zero-order chi connectivity index (χ0) is 14.6. The molecule has 0 aromatic rings. The summed E-state index contributed by atoms with van der Waals surface area (Å²) in [5.41, 5.74) is 5.15. The van der Waals surface area contributed by atoms with Crippen molar-refractivity contribution in [2.45, 2.75) is 50.7 Å². The fourth-order valence-electron chi connectivity index (χ4n) is 2.90. The van der Waals surface area contributed by atoms with Crippen LogP contribution in [0.1, 0.15) is 33.1 Å². The van der Waals surface area contributed by atoms with E-state index in [2.05, 4.69) is 30.8 Å². The second-order valence-electron chi connectivity index (χ2n) is 6.19. The van der Waals surface area contributed by atoms with Crippen LogP contribution in [0.25, 0.3) is 0 Å². The van der Waals surface area contributed by atoms with Gasteiger partial charge in [0.05, 0.1) is 7.11 Å². The van der Waals surface area contributed by atoms with Crippen LogP contribution in [0.5, 0.6) is 0 Å². The van der Waals surface area contributed by atoms with Gasteiger partial charge in [-0.3, -0.25) is 4.79 Å². The van der Waals surface area contributed by atoms with E-state index in [1.807, 2.05) is 0 Å². The van der Waals surface area contributed by atoms with E-state index in [1.54, 1.807) is 6.92 Å². The summed E-state index contributed by atoms with van der Waals surface area (Å²) in [5.74, 6) is -0.331. The Hall–Kier alpha value is -0.650. The van der Waals surface area contributed by atoms with Gasteiger partial charge in [0.1, 0.15) is 5.54 Å². The predicted molar refractivity (Wildman–Crippen MR) is 77.0 cm³/mol. The van der Waals surface area contributed by atoms with Crippen molar-refractivity contribution in [1.29, 1.82) is 0 Å². The summed E-state index contributed by atoms with van der Waals surface area (Å²) >= 11 is 0. The molecule has 112 valence electrons. The van der Waals surface area contributed by atoms with Gasteiger partial charge < -0.3 is 20.3 Å². The van der Waals surface area contributed by atoms with E-state index in [0.29, 0.717) is 18.5 Å². The predicted octanol–water partition coefficient (Wildman–Crippen LogP) is 0.681. The molecule has 5 nitrogen and oxygen atoms in total. The van der Waals surface area contributed by atoms with Crippen LogP contribution in [0, 0.1) is 0 Å². The van der Waals surface area contributed by atoms with Crippen molar-refractivity contribution in [3.63, 3.8) is 0 Å². The molecule has 2 N–H and O–H groups in total. The summed E-state index contributed by atoms with van der Waals surface area (Å²) in [6.45, 7) is 6.04. The van der Waals surface area contributed by atoms with Gasteiger partial charge in [0.15, 0.2) is 0 Å². The number of hydrogen-bond donors (Lipinski definition) is 1.